The van der Waals surface area contributed by atoms with Crippen LogP contribution in [0.3, 0.4) is 0 Å². The fraction of sp³-hybridized carbons (Fsp3) is 0.214. The largest absolute Gasteiger partial charge is 0.497 e. The van der Waals surface area contributed by atoms with Gasteiger partial charge < -0.3 is 19.2 Å². The summed E-state index contributed by atoms with van der Waals surface area (Å²) in [6, 6.07) is 6.89. The molecule has 0 aliphatic carbocycles. The molecule has 0 aliphatic heterocycles. The van der Waals surface area contributed by atoms with Crippen molar-refractivity contribution in [3.05, 3.63) is 41.9 Å². The Morgan fingerprint density at radius 3 is 2.58 bits per heavy atom. The van der Waals surface area contributed by atoms with Crippen LogP contribution in [0.2, 0.25) is 0 Å². The summed E-state index contributed by atoms with van der Waals surface area (Å²) in [5.74, 6) is 1.16. The van der Waals surface area contributed by atoms with Crippen LogP contribution < -0.4 is 14.8 Å². The average molecular weight is 261 g/mol. The van der Waals surface area contributed by atoms with E-state index in [1.807, 2.05) is 6.92 Å². The molecule has 100 valence electrons. The molecule has 1 heterocycles. The quantitative estimate of drug-likeness (QED) is 0.919. The number of furan rings is 1. The van der Waals surface area contributed by atoms with Gasteiger partial charge in [0.2, 0.25) is 0 Å². The highest BCUT2D eigenvalue weighted by molar-refractivity contribution is 6.04. The highest BCUT2D eigenvalue weighted by atomic mass is 16.5. The Hall–Kier alpha value is -2.43. The predicted octanol–water partition coefficient (Wildman–Crippen LogP) is 2.86. The Labute approximate surface area is 111 Å². The normalized spacial score (nSPS) is 10.1. The van der Waals surface area contributed by atoms with Crippen LogP contribution in [0.4, 0.5) is 5.69 Å². The molecule has 5 nitrogen and oxygen atoms in total. The molecule has 0 bridgehead atoms. The number of ether oxygens (including phenoxy) is 2. The van der Waals surface area contributed by atoms with E-state index >= 15 is 0 Å². The lowest BCUT2D eigenvalue weighted by atomic mass is 10.2. The Balaban J connectivity index is 2.24. The Morgan fingerprint density at radius 2 is 2.00 bits per heavy atom. The average Bonchev–Trinajstić information content (AvgIpc) is 2.85. The predicted molar refractivity (Wildman–Crippen MR) is 70.9 cm³/mol. The molecular weight excluding hydrogens is 246 g/mol. The van der Waals surface area contributed by atoms with E-state index in [0.717, 1.165) is 5.56 Å². The fourth-order valence-electron chi connectivity index (χ4n) is 1.69. The van der Waals surface area contributed by atoms with Crippen molar-refractivity contribution >= 4 is 11.6 Å². The molecule has 1 amide bonds. The molecule has 0 unspecified atom stereocenters. The molecule has 5 heteroatoms. The number of methoxy groups -OCH3 is 2. The van der Waals surface area contributed by atoms with Gasteiger partial charge in [0, 0.05) is 11.6 Å². The third-order valence-electron chi connectivity index (χ3n) is 2.73. The van der Waals surface area contributed by atoms with E-state index in [-0.39, 0.29) is 11.7 Å². The minimum atomic E-state index is -0.314. The summed E-state index contributed by atoms with van der Waals surface area (Å²) < 4.78 is 15.4. The molecule has 0 saturated heterocycles. The van der Waals surface area contributed by atoms with Gasteiger partial charge >= 0.3 is 0 Å². The molecule has 1 aromatic heterocycles. The molecule has 2 rings (SSSR count). The van der Waals surface area contributed by atoms with Crippen LogP contribution in [0.15, 0.2) is 34.9 Å². The van der Waals surface area contributed by atoms with Crippen molar-refractivity contribution in [3.63, 3.8) is 0 Å². The van der Waals surface area contributed by atoms with Crippen LogP contribution in [0.5, 0.6) is 11.5 Å². The summed E-state index contributed by atoms with van der Waals surface area (Å²) in [6.45, 7) is 1.81. The van der Waals surface area contributed by atoms with Crippen molar-refractivity contribution in [2.75, 3.05) is 19.5 Å². The zero-order chi connectivity index (χ0) is 13.8. The van der Waals surface area contributed by atoms with Gasteiger partial charge in [-0.15, -0.1) is 0 Å². The van der Waals surface area contributed by atoms with Gasteiger partial charge in [-0.2, -0.15) is 0 Å². The number of nitrogens with one attached hydrogen (secondary N) is 1. The first-order chi connectivity index (χ1) is 9.15. The number of hydrogen-bond acceptors (Lipinski definition) is 4. The molecule has 2 aromatic rings. The third kappa shape index (κ3) is 2.70. The number of rotatable bonds is 4. The molecule has 0 radical (unpaired) electrons. The highest BCUT2D eigenvalue weighted by Crippen LogP contribution is 2.29. The van der Waals surface area contributed by atoms with Crippen LogP contribution >= 0.6 is 0 Å². The van der Waals surface area contributed by atoms with Crippen molar-refractivity contribution in [1.82, 2.24) is 0 Å². The highest BCUT2D eigenvalue weighted by Gasteiger charge is 2.15. The summed E-state index contributed by atoms with van der Waals surface area (Å²) in [5, 5.41) is 2.74. The van der Waals surface area contributed by atoms with E-state index in [1.54, 1.807) is 31.4 Å². The van der Waals surface area contributed by atoms with Gasteiger partial charge in [0.15, 0.2) is 5.76 Å². The Bertz CT molecular complexity index is 589. The monoisotopic (exact) mass is 261 g/mol. The van der Waals surface area contributed by atoms with Crippen LogP contribution in [0.1, 0.15) is 16.1 Å². The van der Waals surface area contributed by atoms with E-state index in [4.69, 9.17) is 13.9 Å². The first-order valence-electron chi connectivity index (χ1n) is 5.73. The number of hydrogen-bond donors (Lipinski definition) is 1. The van der Waals surface area contributed by atoms with Crippen LogP contribution in [0.25, 0.3) is 0 Å². The summed E-state index contributed by atoms with van der Waals surface area (Å²) in [7, 11) is 3.10. The van der Waals surface area contributed by atoms with Crippen molar-refractivity contribution < 1.29 is 18.7 Å². The van der Waals surface area contributed by atoms with Gasteiger partial charge in [-0.05, 0) is 25.1 Å². The number of carbonyl (C=O) groups is 1. The SMILES string of the molecule is COc1ccc(NC(=O)c2occc2C)c(OC)c1. The first-order valence-corrected chi connectivity index (χ1v) is 5.73. The van der Waals surface area contributed by atoms with Crippen LogP contribution in [0, 0.1) is 6.92 Å². The van der Waals surface area contributed by atoms with Gasteiger partial charge in [-0.3, -0.25) is 4.79 Å². The Kier molecular flexibility index (Phi) is 3.75. The lowest BCUT2D eigenvalue weighted by Crippen LogP contribution is -2.12. The van der Waals surface area contributed by atoms with Gasteiger partial charge in [0.05, 0.1) is 26.2 Å². The maximum absolute atomic E-state index is 12.0. The van der Waals surface area contributed by atoms with Crippen molar-refractivity contribution in [1.29, 1.82) is 0 Å². The lowest BCUT2D eigenvalue weighted by molar-refractivity contribution is 0.0995. The second-order valence-electron chi connectivity index (χ2n) is 3.95. The molecular formula is C14H15NO4. The van der Waals surface area contributed by atoms with Gasteiger partial charge in [-0.25, -0.2) is 0 Å². The van der Waals surface area contributed by atoms with E-state index in [9.17, 15) is 4.79 Å². The third-order valence-corrected chi connectivity index (χ3v) is 2.73. The first kappa shape index (κ1) is 13.0. The van der Waals surface area contributed by atoms with Gasteiger partial charge in [0.1, 0.15) is 11.5 Å². The van der Waals surface area contributed by atoms with Crippen molar-refractivity contribution in [2.24, 2.45) is 0 Å². The number of carbonyl (C=O) groups excluding carboxylic acids is 1. The van der Waals surface area contributed by atoms with Crippen molar-refractivity contribution in [2.45, 2.75) is 6.92 Å². The molecule has 1 aromatic carbocycles. The zero-order valence-electron chi connectivity index (χ0n) is 11.0. The summed E-state index contributed by atoms with van der Waals surface area (Å²) in [4.78, 5) is 12.0. The van der Waals surface area contributed by atoms with E-state index < -0.39 is 0 Å². The van der Waals surface area contributed by atoms with E-state index in [0.29, 0.717) is 17.2 Å². The molecule has 1 N–H and O–H groups in total. The second-order valence-corrected chi connectivity index (χ2v) is 3.95. The number of aryl methyl sites for hydroxylation is 1. The van der Waals surface area contributed by atoms with Crippen molar-refractivity contribution in [3.8, 4) is 11.5 Å². The number of amides is 1. The molecule has 0 spiro atoms. The van der Waals surface area contributed by atoms with Gasteiger partial charge in [-0.1, -0.05) is 0 Å². The van der Waals surface area contributed by atoms with Gasteiger partial charge in [0.25, 0.3) is 5.91 Å². The molecule has 0 fully saturated rings. The number of anilines is 1. The summed E-state index contributed by atoms with van der Waals surface area (Å²) in [6.07, 6.45) is 1.48. The maximum atomic E-state index is 12.0. The Morgan fingerprint density at radius 1 is 1.21 bits per heavy atom. The second kappa shape index (κ2) is 5.48. The molecule has 0 aliphatic rings. The smallest absolute Gasteiger partial charge is 0.291 e. The van der Waals surface area contributed by atoms with E-state index in [2.05, 4.69) is 5.32 Å². The standard InChI is InChI=1S/C14H15NO4/c1-9-6-7-19-13(9)14(16)15-11-5-4-10(17-2)8-12(11)18-3/h4-8H,1-3H3,(H,15,16). The fourth-order valence-corrected chi connectivity index (χ4v) is 1.69. The van der Waals surface area contributed by atoms with Crippen LogP contribution in [-0.2, 0) is 0 Å². The molecule has 0 atom stereocenters. The minimum Gasteiger partial charge on any atom is -0.497 e. The molecule has 19 heavy (non-hydrogen) atoms. The molecule has 0 saturated carbocycles. The van der Waals surface area contributed by atoms with Crippen LogP contribution in [-0.4, -0.2) is 20.1 Å². The minimum absolute atomic E-state index is 0.290. The maximum Gasteiger partial charge on any atom is 0.291 e. The van der Waals surface area contributed by atoms with E-state index in [1.165, 1.54) is 13.4 Å². The summed E-state index contributed by atoms with van der Waals surface area (Å²) in [5.41, 5.74) is 1.34. The topological polar surface area (TPSA) is 60.7 Å². The summed E-state index contributed by atoms with van der Waals surface area (Å²) >= 11 is 0. The lowest BCUT2D eigenvalue weighted by Gasteiger charge is -2.11. The number of benzene rings is 1. The zero-order valence-corrected chi connectivity index (χ0v) is 11.0.